The molecule has 1 aromatic carbocycles. The van der Waals surface area contributed by atoms with Crippen molar-refractivity contribution in [1.29, 1.82) is 0 Å². The van der Waals surface area contributed by atoms with Crippen LogP contribution in [0.5, 0.6) is 5.75 Å². The number of rotatable bonds is 12. The van der Waals surface area contributed by atoms with Crippen LogP contribution in [0.2, 0.25) is 0 Å². The van der Waals surface area contributed by atoms with Gasteiger partial charge in [0.1, 0.15) is 11.9 Å². The van der Waals surface area contributed by atoms with Gasteiger partial charge in [-0.25, -0.2) is 4.79 Å². The fourth-order valence-corrected chi connectivity index (χ4v) is 6.97. The van der Waals surface area contributed by atoms with Crippen molar-refractivity contribution < 1.29 is 24.2 Å². The number of alkyl carbamates (subject to hydrolysis) is 1. The number of pyridine rings is 1. The fourth-order valence-electron chi connectivity index (χ4n) is 6.97. The molecule has 0 atom stereocenters. The highest BCUT2D eigenvalue weighted by Crippen LogP contribution is 2.38. The third kappa shape index (κ3) is 8.91. The minimum absolute atomic E-state index is 0.0233. The van der Waals surface area contributed by atoms with Crippen LogP contribution in [0, 0.1) is 18.8 Å². The molecule has 2 aliphatic rings. The summed E-state index contributed by atoms with van der Waals surface area (Å²) in [5.74, 6) is 1.65. The molecular weight excluding hydrogens is 594 g/mol. The standard InChI is InChI=1S/C37H51N5O5/c1-25(2)42-24-31(22-39-42)30-7-5-8-32(21-30)41(36(44)29-13-15-33(16-14-29)47-37(45)38-19-6-20-43)23-27-9-11-28(12-10-27)34-17-18-35(46-4)26(3)40-34/h5,7-8,17-18,21-22,24-25,27-29,33,43H,6,9-16,19-20,23H2,1-4H3,(H,38,45)/t27-,28-,29-,33-. The normalized spacial score (nSPS) is 21.3. The molecular formula is C37H51N5O5. The number of hydrogen-bond acceptors (Lipinski definition) is 7. The molecule has 0 unspecified atom stereocenters. The number of ether oxygens (including phenoxy) is 2. The third-order valence-electron chi connectivity index (χ3n) is 9.77. The van der Waals surface area contributed by atoms with Crippen LogP contribution in [-0.2, 0) is 9.53 Å². The zero-order valence-electron chi connectivity index (χ0n) is 28.4. The Kier molecular flexibility index (Phi) is 11.9. The number of methoxy groups -OCH3 is 1. The number of aliphatic hydroxyl groups excluding tert-OH is 1. The monoisotopic (exact) mass is 645 g/mol. The molecule has 0 radical (unpaired) electrons. The number of aromatic nitrogens is 3. The smallest absolute Gasteiger partial charge is 0.407 e. The number of anilines is 1. The van der Waals surface area contributed by atoms with Crippen LogP contribution in [0.25, 0.3) is 11.1 Å². The number of carbonyl (C=O) groups is 2. The van der Waals surface area contributed by atoms with Gasteiger partial charge in [-0.15, -0.1) is 0 Å². The van der Waals surface area contributed by atoms with Crippen molar-refractivity contribution in [3.05, 3.63) is 60.2 Å². The Morgan fingerprint density at radius 1 is 1.04 bits per heavy atom. The van der Waals surface area contributed by atoms with E-state index >= 15 is 0 Å². The van der Waals surface area contributed by atoms with Crippen molar-refractivity contribution in [2.75, 3.05) is 31.7 Å². The van der Waals surface area contributed by atoms with Gasteiger partial charge in [0.25, 0.3) is 0 Å². The van der Waals surface area contributed by atoms with E-state index in [-0.39, 0.29) is 30.6 Å². The van der Waals surface area contributed by atoms with Crippen molar-refractivity contribution in [3.63, 3.8) is 0 Å². The first-order chi connectivity index (χ1) is 22.7. The molecule has 47 heavy (non-hydrogen) atoms. The second-order valence-corrected chi connectivity index (χ2v) is 13.4. The van der Waals surface area contributed by atoms with Crippen LogP contribution < -0.4 is 15.0 Å². The second-order valence-electron chi connectivity index (χ2n) is 13.4. The van der Waals surface area contributed by atoms with Crippen LogP contribution in [0.15, 0.2) is 48.8 Å². The first-order valence-corrected chi connectivity index (χ1v) is 17.3. The molecule has 0 spiro atoms. The topological polar surface area (TPSA) is 119 Å². The van der Waals surface area contributed by atoms with Gasteiger partial charge in [0.15, 0.2) is 0 Å². The van der Waals surface area contributed by atoms with Crippen molar-refractivity contribution in [2.24, 2.45) is 11.8 Å². The molecule has 2 amide bonds. The summed E-state index contributed by atoms with van der Waals surface area (Å²) in [6.07, 6.45) is 10.6. The number of benzene rings is 1. The Morgan fingerprint density at radius 2 is 1.81 bits per heavy atom. The predicted octanol–water partition coefficient (Wildman–Crippen LogP) is 6.82. The van der Waals surface area contributed by atoms with Crippen LogP contribution in [0.3, 0.4) is 0 Å². The van der Waals surface area contributed by atoms with E-state index in [1.807, 2.05) is 34.8 Å². The van der Waals surface area contributed by atoms with Gasteiger partial charge in [-0.2, -0.15) is 5.10 Å². The van der Waals surface area contributed by atoms with E-state index in [9.17, 15) is 9.59 Å². The SMILES string of the molecule is COc1ccc([C@H]2CC[C@H](CN(c3cccc(-c4cnn(C(C)C)c4)c3)C(=O)[C@H]3CC[C@H](OC(=O)NCCCO)CC3)CC2)nc1C. The summed E-state index contributed by atoms with van der Waals surface area (Å²) in [4.78, 5) is 33.4. The molecule has 2 heterocycles. The lowest BCUT2D eigenvalue weighted by Crippen LogP contribution is -2.42. The average molecular weight is 646 g/mol. The van der Waals surface area contributed by atoms with Crippen LogP contribution in [0.4, 0.5) is 10.5 Å². The first kappa shape index (κ1) is 34.4. The molecule has 0 bridgehead atoms. The van der Waals surface area contributed by atoms with Crippen LogP contribution >= 0.6 is 0 Å². The number of hydrogen-bond donors (Lipinski definition) is 2. The summed E-state index contributed by atoms with van der Waals surface area (Å²) in [7, 11) is 1.68. The van der Waals surface area contributed by atoms with Gasteiger partial charge < -0.3 is 24.8 Å². The van der Waals surface area contributed by atoms with Gasteiger partial charge in [-0.3, -0.25) is 14.5 Å². The van der Waals surface area contributed by atoms with Crippen molar-refractivity contribution in [2.45, 2.75) is 96.6 Å². The van der Waals surface area contributed by atoms with E-state index < -0.39 is 6.09 Å². The lowest BCUT2D eigenvalue weighted by atomic mass is 9.79. The molecule has 2 fully saturated rings. The highest BCUT2D eigenvalue weighted by atomic mass is 16.6. The first-order valence-electron chi connectivity index (χ1n) is 17.3. The molecule has 5 rings (SSSR count). The molecule has 10 heteroatoms. The lowest BCUT2D eigenvalue weighted by Gasteiger charge is -2.36. The maximum Gasteiger partial charge on any atom is 0.407 e. The number of amides is 2. The third-order valence-corrected chi connectivity index (χ3v) is 9.77. The van der Waals surface area contributed by atoms with E-state index in [2.05, 4.69) is 54.7 Å². The lowest BCUT2D eigenvalue weighted by molar-refractivity contribution is -0.124. The van der Waals surface area contributed by atoms with Crippen LogP contribution in [-0.4, -0.2) is 64.8 Å². The summed E-state index contributed by atoms with van der Waals surface area (Å²) in [5, 5.41) is 16.2. The van der Waals surface area contributed by atoms with E-state index in [4.69, 9.17) is 19.6 Å². The van der Waals surface area contributed by atoms with Crippen LogP contribution in [0.1, 0.15) is 95.0 Å². The van der Waals surface area contributed by atoms with Crippen molar-refractivity contribution >= 4 is 17.7 Å². The van der Waals surface area contributed by atoms with Gasteiger partial charge in [0.05, 0.1) is 19.0 Å². The van der Waals surface area contributed by atoms with Gasteiger partial charge in [-0.05, 0) is 114 Å². The highest BCUT2D eigenvalue weighted by molar-refractivity contribution is 5.95. The van der Waals surface area contributed by atoms with Gasteiger partial charge in [0, 0.05) is 60.7 Å². The molecule has 0 aliphatic heterocycles. The number of carbonyl (C=O) groups excluding carboxylic acids is 2. The molecule has 10 nitrogen and oxygen atoms in total. The van der Waals surface area contributed by atoms with E-state index in [1.165, 1.54) is 0 Å². The summed E-state index contributed by atoms with van der Waals surface area (Å²) in [5.41, 5.74) is 5.04. The minimum Gasteiger partial charge on any atom is -0.495 e. The molecule has 0 saturated heterocycles. The quantitative estimate of drug-likeness (QED) is 0.208. The highest BCUT2D eigenvalue weighted by Gasteiger charge is 2.34. The maximum absolute atomic E-state index is 14.3. The maximum atomic E-state index is 14.3. The van der Waals surface area contributed by atoms with E-state index in [1.54, 1.807) is 7.11 Å². The second kappa shape index (κ2) is 16.3. The number of aryl methyl sites for hydroxylation is 1. The van der Waals surface area contributed by atoms with E-state index in [0.717, 1.165) is 59.6 Å². The van der Waals surface area contributed by atoms with Crippen molar-refractivity contribution in [3.8, 4) is 16.9 Å². The largest absolute Gasteiger partial charge is 0.495 e. The Balaban J connectivity index is 1.28. The van der Waals surface area contributed by atoms with Crippen molar-refractivity contribution in [1.82, 2.24) is 20.1 Å². The number of nitrogens with zero attached hydrogens (tertiary/aromatic N) is 4. The predicted molar refractivity (Wildman–Crippen MR) is 183 cm³/mol. The number of nitrogens with one attached hydrogen (secondary N) is 1. The molecule has 3 aromatic rings. The average Bonchev–Trinajstić information content (AvgIpc) is 3.59. The van der Waals surface area contributed by atoms with E-state index in [0.29, 0.717) is 57.0 Å². The van der Waals surface area contributed by atoms with Gasteiger partial charge in [-0.1, -0.05) is 12.1 Å². The summed E-state index contributed by atoms with van der Waals surface area (Å²) < 4.78 is 13.0. The zero-order chi connectivity index (χ0) is 33.3. The van der Waals surface area contributed by atoms with Gasteiger partial charge in [0.2, 0.25) is 5.91 Å². The Hall–Kier alpha value is -3.92. The van der Waals surface area contributed by atoms with Gasteiger partial charge >= 0.3 is 6.09 Å². The molecule has 2 saturated carbocycles. The molecule has 254 valence electrons. The summed E-state index contributed by atoms with van der Waals surface area (Å²) in [6.45, 7) is 7.30. The Morgan fingerprint density at radius 3 is 2.47 bits per heavy atom. The molecule has 2 aromatic heterocycles. The zero-order valence-corrected chi connectivity index (χ0v) is 28.4. The number of aliphatic hydroxyl groups is 1. The summed E-state index contributed by atoms with van der Waals surface area (Å²) >= 11 is 0. The molecule has 2 N–H and O–H groups in total. The minimum atomic E-state index is -0.455. The Labute approximate surface area is 278 Å². The Bertz CT molecular complexity index is 1470. The summed E-state index contributed by atoms with van der Waals surface area (Å²) in [6, 6.07) is 12.7. The fraction of sp³-hybridized carbons (Fsp3) is 0.568. The molecule has 2 aliphatic carbocycles.